The summed E-state index contributed by atoms with van der Waals surface area (Å²) < 4.78 is 0. The average Bonchev–Trinajstić information content (AvgIpc) is 2.91. The van der Waals surface area contributed by atoms with E-state index in [0.29, 0.717) is 12.4 Å². The predicted molar refractivity (Wildman–Crippen MR) is 72.5 cm³/mol. The molecule has 7 heteroatoms. The minimum absolute atomic E-state index is 0.0484. The number of hydrogen-bond acceptors (Lipinski definition) is 3. The molecule has 0 atom stereocenters. The van der Waals surface area contributed by atoms with E-state index in [1.54, 1.807) is 37.6 Å². The lowest BCUT2D eigenvalue weighted by molar-refractivity contribution is 0.0698. The summed E-state index contributed by atoms with van der Waals surface area (Å²) in [5.74, 6) is -0.441. The first-order valence-corrected chi connectivity index (χ1v) is 5.90. The molecule has 1 heterocycles. The van der Waals surface area contributed by atoms with Crippen LogP contribution in [0.3, 0.4) is 0 Å². The molecule has 0 aliphatic rings. The van der Waals surface area contributed by atoms with Crippen LogP contribution in [0, 0.1) is 0 Å². The van der Waals surface area contributed by atoms with E-state index in [1.807, 2.05) is 0 Å². The first kappa shape index (κ1) is 13.6. The Hall–Kier alpha value is -2.83. The van der Waals surface area contributed by atoms with Gasteiger partial charge in [-0.3, -0.25) is 0 Å². The van der Waals surface area contributed by atoms with Gasteiger partial charge in [0, 0.05) is 19.4 Å². The molecule has 0 aliphatic heterocycles. The van der Waals surface area contributed by atoms with Crippen LogP contribution in [0.2, 0.25) is 0 Å². The molecule has 2 aromatic rings. The van der Waals surface area contributed by atoms with Crippen LogP contribution in [0.15, 0.2) is 36.7 Å². The molecule has 0 spiro atoms. The number of imidazole rings is 1. The number of urea groups is 1. The van der Waals surface area contributed by atoms with Crippen LogP contribution < -0.4 is 5.32 Å². The number of amides is 2. The SMILES string of the molecule is CN(Cc1ncc[nH]1)C(=O)Nc1ccccc1C(=O)O. The van der Waals surface area contributed by atoms with Crippen molar-refractivity contribution in [2.24, 2.45) is 0 Å². The number of carboxylic acids is 1. The Morgan fingerprint density at radius 1 is 1.40 bits per heavy atom. The number of hydrogen-bond donors (Lipinski definition) is 3. The molecule has 1 aromatic heterocycles. The Labute approximate surface area is 115 Å². The number of aromatic carboxylic acids is 1. The zero-order valence-corrected chi connectivity index (χ0v) is 10.8. The lowest BCUT2D eigenvalue weighted by atomic mass is 10.2. The van der Waals surface area contributed by atoms with Crippen molar-refractivity contribution in [3.05, 3.63) is 48.0 Å². The van der Waals surface area contributed by atoms with E-state index < -0.39 is 12.0 Å². The van der Waals surface area contributed by atoms with E-state index >= 15 is 0 Å². The number of para-hydroxylation sites is 1. The Balaban J connectivity index is 2.06. The number of carboxylic acid groups (broad SMARTS) is 1. The zero-order chi connectivity index (χ0) is 14.5. The van der Waals surface area contributed by atoms with E-state index in [4.69, 9.17) is 5.11 Å². The van der Waals surface area contributed by atoms with Gasteiger partial charge >= 0.3 is 12.0 Å². The summed E-state index contributed by atoms with van der Waals surface area (Å²) in [6, 6.07) is 5.84. The Morgan fingerprint density at radius 2 is 2.15 bits per heavy atom. The van der Waals surface area contributed by atoms with Crippen molar-refractivity contribution in [2.45, 2.75) is 6.54 Å². The summed E-state index contributed by atoms with van der Waals surface area (Å²) >= 11 is 0. The Morgan fingerprint density at radius 3 is 2.80 bits per heavy atom. The van der Waals surface area contributed by atoms with Gasteiger partial charge in [-0.1, -0.05) is 12.1 Å². The van der Waals surface area contributed by atoms with Crippen LogP contribution in [0.4, 0.5) is 10.5 Å². The van der Waals surface area contributed by atoms with Gasteiger partial charge in [-0.15, -0.1) is 0 Å². The molecule has 0 saturated heterocycles. The van der Waals surface area contributed by atoms with Crippen LogP contribution >= 0.6 is 0 Å². The molecule has 0 fully saturated rings. The number of nitrogens with one attached hydrogen (secondary N) is 2. The van der Waals surface area contributed by atoms with Gasteiger partial charge in [0.1, 0.15) is 5.82 Å². The fourth-order valence-corrected chi connectivity index (χ4v) is 1.67. The molecular weight excluding hydrogens is 260 g/mol. The monoisotopic (exact) mass is 274 g/mol. The summed E-state index contributed by atoms with van der Waals surface area (Å²) in [4.78, 5) is 31.4. The highest BCUT2D eigenvalue weighted by atomic mass is 16.4. The number of H-pyrrole nitrogens is 1. The van der Waals surface area contributed by atoms with Crippen molar-refractivity contribution in [3.8, 4) is 0 Å². The lowest BCUT2D eigenvalue weighted by Crippen LogP contribution is -2.31. The summed E-state index contributed by atoms with van der Waals surface area (Å²) in [5, 5.41) is 11.6. The Bertz CT molecular complexity index is 610. The van der Waals surface area contributed by atoms with Crippen molar-refractivity contribution in [1.82, 2.24) is 14.9 Å². The minimum Gasteiger partial charge on any atom is -0.478 e. The summed E-state index contributed by atoms with van der Waals surface area (Å²) in [6.45, 7) is 0.300. The van der Waals surface area contributed by atoms with Gasteiger partial charge in [0.15, 0.2) is 0 Å². The maximum absolute atomic E-state index is 12.0. The normalized spacial score (nSPS) is 10.1. The fourth-order valence-electron chi connectivity index (χ4n) is 1.67. The standard InChI is InChI=1S/C13H14N4O3/c1-17(8-11-14-6-7-15-11)13(20)16-10-5-3-2-4-9(10)12(18)19/h2-7H,8H2,1H3,(H,14,15)(H,16,20)(H,18,19). The lowest BCUT2D eigenvalue weighted by Gasteiger charge is -2.17. The third-order valence-corrected chi connectivity index (χ3v) is 2.69. The average molecular weight is 274 g/mol. The molecule has 2 amide bonds. The molecule has 0 aliphatic carbocycles. The zero-order valence-electron chi connectivity index (χ0n) is 10.8. The number of aromatic amines is 1. The van der Waals surface area contributed by atoms with Gasteiger partial charge in [0.2, 0.25) is 0 Å². The quantitative estimate of drug-likeness (QED) is 0.791. The number of rotatable bonds is 4. The van der Waals surface area contributed by atoms with E-state index in [0.717, 1.165) is 0 Å². The Kier molecular flexibility index (Phi) is 3.99. The number of nitrogens with zero attached hydrogens (tertiary/aromatic N) is 2. The van der Waals surface area contributed by atoms with Crippen LogP contribution in [0.25, 0.3) is 0 Å². The highest BCUT2D eigenvalue weighted by molar-refractivity contribution is 5.99. The van der Waals surface area contributed by atoms with Crippen molar-refractivity contribution in [1.29, 1.82) is 0 Å². The third-order valence-electron chi connectivity index (χ3n) is 2.69. The second-order valence-electron chi connectivity index (χ2n) is 4.17. The largest absolute Gasteiger partial charge is 0.478 e. The highest BCUT2D eigenvalue weighted by Gasteiger charge is 2.14. The van der Waals surface area contributed by atoms with Gasteiger partial charge in [-0.25, -0.2) is 14.6 Å². The van der Waals surface area contributed by atoms with Gasteiger partial charge < -0.3 is 20.3 Å². The van der Waals surface area contributed by atoms with Crippen molar-refractivity contribution in [3.63, 3.8) is 0 Å². The molecule has 20 heavy (non-hydrogen) atoms. The van der Waals surface area contributed by atoms with Gasteiger partial charge in [0.25, 0.3) is 0 Å². The smallest absolute Gasteiger partial charge is 0.337 e. The van der Waals surface area contributed by atoms with Crippen molar-refractivity contribution >= 4 is 17.7 Å². The summed E-state index contributed by atoms with van der Waals surface area (Å²) in [5.41, 5.74) is 0.309. The van der Waals surface area contributed by atoms with Crippen LogP contribution in [-0.4, -0.2) is 39.0 Å². The maximum Gasteiger partial charge on any atom is 0.337 e. The second-order valence-corrected chi connectivity index (χ2v) is 4.17. The number of anilines is 1. The van der Waals surface area contributed by atoms with Gasteiger partial charge in [-0.05, 0) is 12.1 Å². The molecule has 0 radical (unpaired) electrons. The molecule has 1 aromatic carbocycles. The highest BCUT2D eigenvalue weighted by Crippen LogP contribution is 2.15. The van der Waals surface area contributed by atoms with Crippen molar-refractivity contribution in [2.75, 3.05) is 12.4 Å². The molecular formula is C13H14N4O3. The van der Waals surface area contributed by atoms with E-state index in [2.05, 4.69) is 15.3 Å². The van der Waals surface area contributed by atoms with Gasteiger partial charge in [0.05, 0.1) is 17.8 Å². The van der Waals surface area contributed by atoms with Crippen LogP contribution in [0.5, 0.6) is 0 Å². The fraction of sp³-hybridized carbons (Fsp3) is 0.154. The second kappa shape index (κ2) is 5.87. The minimum atomic E-state index is -1.09. The number of carbonyl (C=O) groups is 2. The first-order chi connectivity index (χ1) is 9.58. The van der Waals surface area contributed by atoms with E-state index in [1.165, 1.54) is 11.0 Å². The van der Waals surface area contributed by atoms with Crippen LogP contribution in [-0.2, 0) is 6.54 Å². The van der Waals surface area contributed by atoms with Crippen molar-refractivity contribution < 1.29 is 14.7 Å². The first-order valence-electron chi connectivity index (χ1n) is 5.90. The molecule has 0 saturated carbocycles. The van der Waals surface area contributed by atoms with Gasteiger partial charge in [-0.2, -0.15) is 0 Å². The number of benzene rings is 1. The topological polar surface area (TPSA) is 98.3 Å². The summed E-state index contributed by atoms with van der Waals surface area (Å²) in [6.07, 6.45) is 3.27. The maximum atomic E-state index is 12.0. The molecule has 3 N–H and O–H groups in total. The third kappa shape index (κ3) is 3.14. The molecule has 2 rings (SSSR count). The molecule has 0 bridgehead atoms. The number of carbonyl (C=O) groups excluding carboxylic acids is 1. The van der Waals surface area contributed by atoms with E-state index in [-0.39, 0.29) is 11.3 Å². The molecule has 0 unspecified atom stereocenters. The molecule has 104 valence electrons. The molecule has 7 nitrogen and oxygen atoms in total. The number of aromatic nitrogens is 2. The van der Waals surface area contributed by atoms with Crippen LogP contribution in [0.1, 0.15) is 16.2 Å². The predicted octanol–water partition coefficient (Wildman–Crippen LogP) is 1.77. The summed E-state index contributed by atoms with van der Waals surface area (Å²) in [7, 11) is 1.60. The van der Waals surface area contributed by atoms with E-state index in [9.17, 15) is 9.59 Å².